The van der Waals surface area contributed by atoms with E-state index in [1.165, 1.54) is 12.1 Å². The summed E-state index contributed by atoms with van der Waals surface area (Å²) in [5.74, 6) is -0.995. The molecule has 4 rings (SSSR count). The molecule has 0 radical (unpaired) electrons. The summed E-state index contributed by atoms with van der Waals surface area (Å²) in [6, 6.07) is 24.2. The fourth-order valence-corrected chi connectivity index (χ4v) is 4.83. The summed E-state index contributed by atoms with van der Waals surface area (Å²) in [6.45, 7) is 3.80. The molecule has 0 saturated carbocycles. The zero-order chi connectivity index (χ0) is 26.8. The molecule has 0 fully saturated rings. The Morgan fingerprint density at radius 3 is 2.43 bits per heavy atom. The van der Waals surface area contributed by atoms with Crippen molar-refractivity contribution in [1.29, 1.82) is 5.26 Å². The Morgan fingerprint density at radius 1 is 1.05 bits per heavy atom. The molecule has 0 aliphatic heterocycles. The van der Waals surface area contributed by atoms with Gasteiger partial charge in [0.1, 0.15) is 6.54 Å². The minimum absolute atomic E-state index is 0.174. The van der Waals surface area contributed by atoms with Gasteiger partial charge in [-0.25, -0.2) is 8.42 Å². The van der Waals surface area contributed by atoms with E-state index in [0.717, 1.165) is 39.4 Å². The highest BCUT2D eigenvalue weighted by Crippen LogP contribution is 2.34. The molecule has 3 aromatic carbocycles. The van der Waals surface area contributed by atoms with Crippen molar-refractivity contribution >= 4 is 32.4 Å². The van der Waals surface area contributed by atoms with Gasteiger partial charge in [-0.05, 0) is 79.1 Å². The summed E-state index contributed by atoms with van der Waals surface area (Å²) >= 11 is 0. The lowest BCUT2D eigenvalue weighted by Crippen LogP contribution is -2.29. The number of sulfone groups is 1. The number of carbonyl (C=O) groups is 1. The van der Waals surface area contributed by atoms with Crippen LogP contribution in [-0.4, -0.2) is 37.3 Å². The first-order valence-corrected chi connectivity index (χ1v) is 13.5. The average Bonchev–Trinajstić information content (AvgIpc) is 2.87. The standard InChI is InChI=1S/C29H27N3O4S/c1-29(2,19-30)23-15-22-8-5-13-31-28(22)26(16-23)21-7-4-6-20(14-21)17-32(18-27(33)34)24-9-11-25(12-10-24)37(3,35)36/h4-16H,17-18H2,1-3H3,(H,33,34). The fourth-order valence-electron chi connectivity index (χ4n) is 4.20. The first-order chi connectivity index (χ1) is 17.5. The smallest absolute Gasteiger partial charge is 0.323 e. The molecule has 188 valence electrons. The van der Waals surface area contributed by atoms with Gasteiger partial charge >= 0.3 is 5.97 Å². The molecule has 8 heteroatoms. The molecule has 1 aromatic heterocycles. The second kappa shape index (κ2) is 10.0. The summed E-state index contributed by atoms with van der Waals surface area (Å²) in [6.07, 6.45) is 2.87. The van der Waals surface area contributed by atoms with Crippen LogP contribution in [0.3, 0.4) is 0 Å². The maximum atomic E-state index is 11.8. The minimum atomic E-state index is -3.36. The van der Waals surface area contributed by atoms with E-state index in [0.29, 0.717) is 12.2 Å². The van der Waals surface area contributed by atoms with Gasteiger partial charge in [-0.1, -0.05) is 24.3 Å². The summed E-state index contributed by atoms with van der Waals surface area (Å²) in [5, 5.41) is 20.2. The number of hydrogen-bond acceptors (Lipinski definition) is 6. The Kier molecular flexibility index (Phi) is 7.01. The number of nitrogens with zero attached hydrogens (tertiary/aromatic N) is 3. The molecule has 1 heterocycles. The van der Waals surface area contributed by atoms with E-state index in [9.17, 15) is 23.6 Å². The van der Waals surface area contributed by atoms with E-state index in [1.807, 2.05) is 62.4 Å². The number of rotatable bonds is 8. The number of aromatic nitrogens is 1. The topological polar surface area (TPSA) is 111 Å². The minimum Gasteiger partial charge on any atom is -0.480 e. The highest BCUT2D eigenvalue weighted by Gasteiger charge is 2.22. The van der Waals surface area contributed by atoms with E-state index in [4.69, 9.17) is 0 Å². The number of pyridine rings is 1. The SMILES string of the molecule is CC(C)(C#N)c1cc(-c2cccc(CN(CC(=O)O)c3ccc(S(C)(=O)=O)cc3)c2)c2ncccc2c1. The maximum Gasteiger partial charge on any atom is 0.323 e. The van der Waals surface area contributed by atoms with E-state index < -0.39 is 21.2 Å². The number of anilines is 1. The summed E-state index contributed by atoms with van der Waals surface area (Å²) in [7, 11) is -3.36. The number of aliphatic carboxylic acids is 1. The largest absolute Gasteiger partial charge is 0.480 e. The van der Waals surface area contributed by atoms with Gasteiger partial charge in [0.25, 0.3) is 0 Å². The van der Waals surface area contributed by atoms with E-state index in [2.05, 4.69) is 11.1 Å². The number of carboxylic acid groups (broad SMARTS) is 1. The third-order valence-corrected chi connectivity index (χ3v) is 7.40. The zero-order valence-electron chi connectivity index (χ0n) is 20.8. The van der Waals surface area contributed by atoms with Crippen LogP contribution in [0, 0.1) is 11.3 Å². The second-order valence-electron chi connectivity index (χ2n) is 9.55. The Hall–Kier alpha value is -4.22. The predicted molar refractivity (Wildman–Crippen MR) is 144 cm³/mol. The molecule has 0 unspecified atom stereocenters. The number of benzene rings is 3. The van der Waals surface area contributed by atoms with Crippen LogP contribution >= 0.6 is 0 Å². The van der Waals surface area contributed by atoms with E-state index >= 15 is 0 Å². The van der Waals surface area contributed by atoms with Crippen LogP contribution in [0.15, 0.2) is 83.9 Å². The molecule has 0 bridgehead atoms. The van der Waals surface area contributed by atoms with Crippen LogP contribution in [0.5, 0.6) is 0 Å². The Morgan fingerprint density at radius 2 is 1.78 bits per heavy atom. The summed E-state index contributed by atoms with van der Waals surface area (Å²) in [4.78, 5) is 18.1. The summed E-state index contributed by atoms with van der Waals surface area (Å²) < 4.78 is 23.6. The van der Waals surface area contributed by atoms with Gasteiger partial charge in [0.15, 0.2) is 9.84 Å². The van der Waals surface area contributed by atoms with Crippen molar-refractivity contribution in [3.8, 4) is 17.2 Å². The lowest BCUT2D eigenvalue weighted by atomic mass is 9.83. The molecule has 0 spiro atoms. The van der Waals surface area contributed by atoms with Gasteiger partial charge in [0.2, 0.25) is 0 Å². The van der Waals surface area contributed by atoms with Gasteiger partial charge in [-0.15, -0.1) is 0 Å². The molecule has 0 atom stereocenters. The number of nitriles is 1. The fraction of sp³-hybridized carbons (Fsp3) is 0.207. The zero-order valence-corrected chi connectivity index (χ0v) is 21.7. The molecule has 1 N–H and O–H groups in total. The van der Waals surface area contributed by atoms with Gasteiger partial charge in [-0.2, -0.15) is 5.26 Å². The van der Waals surface area contributed by atoms with Crippen LogP contribution in [0.1, 0.15) is 25.0 Å². The molecule has 0 aliphatic rings. The second-order valence-corrected chi connectivity index (χ2v) is 11.6. The lowest BCUT2D eigenvalue weighted by molar-refractivity contribution is -0.135. The Labute approximate surface area is 216 Å². The lowest BCUT2D eigenvalue weighted by Gasteiger charge is -2.24. The van der Waals surface area contributed by atoms with Gasteiger partial charge in [0, 0.05) is 35.6 Å². The monoisotopic (exact) mass is 513 g/mol. The van der Waals surface area contributed by atoms with E-state index in [-0.39, 0.29) is 11.4 Å². The first-order valence-electron chi connectivity index (χ1n) is 11.6. The first kappa shape index (κ1) is 25.9. The van der Waals surface area contributed by atoms with Crippen LogP contribution in [-0.2, 0) is 26.6 Å². The van der Waals surface area contributed by atoms with Gasteiger partial charge in [-0.3, -0.25) is 9.78 Å². The van der Waals surface area contributed by atoms with Crippen LogP contribution in [0.4, 0.5) is 5.69 Å². The predicted octanol–water partition coefficient (Wildman–Crippen LogP) is 5.20. The van der Waals surface area contributed by atoms with Crippen LogP contribution in [0.2, 0.25) is 0 Å². The Balaban J connectivity index is 1.75. The molecule has 7 nitrogen and oxygen atoms in total. The number of fused-ring (bicyclic) bond motifs is 1. The van der Waals surface area contributed by atoms with Crippen molar-refractivity contribution < 1.29 is 18.3 Å². The van der Waals surface area contributed by atoms with Crippen molar-refractivity contribution in [3.63, 3.8) is 0 Å². The third kappa shape index (κ3) is 5.79. The van der Waals surface area contributed by atoms with Crippen molar-refractivity contribution in [2.45, 2.75) is 30.7 Å². The highest BCUT2D eigenvalue weighted by molar-refractivity contribution is 7.90. The van der Waals surface area contributed by atoms with Crippen molar-refractivity contribution in [2.24, 2.45) is 0 Å². The quantitative estimate of drug-likeness (QED) is 0.345. The number of hydrogen-bond donors (Lipinski definition) is 1. The van der Waals surface area contributed by atoms with Gasteiger partial charge < -0.3 is 10.0 Å². The summed E-state index contributed by atoms with van der Waals surface area (Å²) in [5.41, 5.74) is 4.28. The molecular weight excluding hydrogens is 486 g/mol. The molecule has 0 amide bonds. The van der Waals surface area contributed by atoms with Crippen LogP contribution < -0.4 is 4.90 Å². The van der Waals surface area contributed by atoms with Crippen molar-refractivity contribution in [1.82, 2.24) is 4.98 Å². The normalized spacial score (nSPS) is 11.7. The molecule has 0 aliphatic carbocycles. The van der Waals surface area contributed by atoms with Gasteiger partial charge in [0.05, 0.1) is 21.9 Å². The third-order valence-electron chi connectivity index (χ3n) is 6.27. The number of carboxylic acids is 1. The maximum absolute atomic E-state index is 11.8. The highest BCUT2D eigenvalue weighted by atomic mass is 32.2. The average molecular weight is 514 g/mol. The molecule has 0 saturated heterocycles. The van der Waals surface area contributed by atoms with Crippen molar-refractivity contribution in [3.05, 3.63) is 90.1 Å². The molecule has 4 aromatic rings. The van der Waals surface area contributed by atoms with Crippen molar-refractivity contribution in [2.75, 3.05) is 17.7 Å². The Bertz CT molecular complexity index is 1620. The molecule has 37 heavy (non-hydrogen) atoms. The van der Waals surface area contributed by atoms with E-state index in [1.54, 1.807) is 23.2 Å². The van der Waals surface area contributed by atoms with Crippen LogP contribution in [0.25, 0.3) is 22.0 Å². The molecular formula is C29H27N3O4S.